The lowest BCUT2D eigenvalue weighted by Crippen LogP contribution is -2.46. The summed E-state index contributed by atoms with van der Waals surface area (Å²) in [4.78, 5) is 2.57. The summed E-state index contributed by atoms with van der Waals surface area (Å²) in [6.45, 7) is 8.96. The third kappa shape index (κ3) is 3.31. The Balaban J connectivity index is 0.00000112. The van der Waals surface area contributed by atoms with E-state index in [1.54, 1.807) is 0 Å². The molecule has 4 heteroatoms. The van der Waals surface area contributed by atoms with E-state index in [-0.39, 0.29) is 12.4 Å². The first-order valence-electron chi connectivity index (χ1n) is 5.86. The standard InChI is InChI=1S/C11H22N2O.ClH/c1-9(2)13-6-3-4-10(8-13)11-12-5-7-14-11;/h9-12H,3-8H2,1-2H3;1H. The van der Waals surface area contributed by atoms with Crippen LogP contribution in [0.5, 0.6) is 0 Å². The van der Waals surface area contributed by atoms with E-state index in [1.807, 2.05) is 0 Å². The summed E-state index contributed by atoms with van der Waals surface area (Å²) in [5.41, 5.74) is 0. The van der Waals surface area contributed by atoms with Crippen molar-refractivity contribution in [3.05, 3.63) is 0 Å². The van der Waals surface area contributed by atoms with Crippen molar-refractivity contribution in [3.63, 3.8) is 0 Å². The zero-order valence-electron chi connectivity index (χ0n) is 9.74. The lowest BCUT2D eigenvalue weighted by Gasteiger charge is -2.37. The van der Waals surface area contributed by atoms with Gasteiger partial charge in [-0.2, -0.15) is 0 Å². The maximum Gasteiger partial charge on any atom is 0.112 e. The van der Waals surface area contributed by atoms with Crippen molar-refractivity contribution in [2.75, 3.05) is 26.2 Å². The molecule has 0 bridgehead atoms. The van der Waals surface area contributed by atoms with E-state index in [2.05, 4.69) is 24.1 Å². The fourth-order valence-corrected chi connectivity index (χ4v) is 2.51. The molecule has 0 radical (unpaired) electrons. The van der Waals surface area contributed by atoms with E-state index in [4.69, 9.17) is 4.74 Å². The lowest BCUT2D eigenvalue weighted by molar-refractivity contribution is 0.00925. The molecule has 0 amide bonds. The molecule has 2 heterocycles. The number of hydrogen-bond donors (Lipinski definition) is 1. The summed E-state index contributed by atoms with van der Waals surface area (Å²) in [7, 11) is 0. The van der Waals surface area contributed by atoms with Crippen LogP contribution in [0, 0.1) is 5.92 Å². The number of hydrogen-bond acceptors (Lipinski definition) is 3. The van der Waals surface area contributed by atoms with Crippen LogP contribution >= 0.6 is 12.4 Å². The van der Waals surface area contributed by atoms with E-state index in [0.29, 0.717) is 18.2 Å². The molecule has 0 aliphatic carbocycles. The minimum Gasteiger partial charge on any atom is -0.362 e. The minimum atomic E-state index is 0. The van der Waals surface area contributed by atoms with Crippen molar-refractivity contribution in [1.82, 2.24) is 10.2 Å². The predicted octanol–water partition coefficient (Wildman–Crippen LogP) is 1.47. The molecular weight excluding hydrogens is 212 g/mol. The van der Waals surface area contributed by atoms with Gasteiger partial charge in [0.05, 0.1) is 6.61 Å². The van der Waals surface area contributed by atoms with Gasteiger partial charge in [0.15, 0.2) is 0 Å². The molecule has 2 aliphatic rings. The molecule has 0 spiro atoms. The molecule has 0 aromatic rings. The van der Waals surface area contributed by atoms with Crippen molar-refractivity contribution in [2.24, 2.45) is 5.92 Å². The van der Waals surface area contributed by atoms with Crippen molar-refractivity contribution >= 4 is 12.4 Å². The van der Waals surface area contributed by atoms with Crippen LogP contribution < -0.4 is 5.32 Å². The molecule has 2 rings (SSSR count). The van der Waals surface area contributed by atoms with Gasteiger partial charge in [-0.15, -0.1) is 12.4 Å². The minimum absolute atomic E-state index is 0. The summed E-state index contributed by atoms with van der Waals surface area (Å²) < 4.78 is 5.68. The maximum absolute atomic E-state index is 5.68. The first kappa shape index (κ1) is 13.2. The third-order valence-electron chi connectivity index (χ3n) is 3.39. The first-order chi connectivity index (χ1) is 6.77. The van der Waals surface area contributed by atoms with Gasteiger partial charge in [0.25, 0.3) is 0 Å². The monoisotopic (exact) mass is 234 g/mol. The van der Waals surface area contributed by atoms with Crippen molar-refractivity contribution in [2.45, 2.75) is 39.0 Å². The zero-order chi connectivity index (χ0) is 9.97. The number of rotatable bonds is 2. The van der Waals surface area contributed by atoms with Gasteiger partial charge in [0.1, 0.15) is 6.23 Å². The number of likely N-dealkylation sites (tertiary alicyclic amines) is 1. The van der Waals surface area contributed by atoms with Gasteiger partial charge in [-0.25, -0.2) is 0 Å². The molecular formula is C11H23ClN2O. The van der Waals surface area contributed by atoms with Crippen LogP contribution in [-0.4, -0.2) is 43.4 Å². The van der Waals surface area contributed by atoms with E-state index in [1.165, 1.54) is 25.9 Å². The molecule has 15 heavy (non-hydrogen) atoms. The van der Waals surface area contributed by atoms with Crippen LogP contribution in [0.2, 0.25) is 0 Å². The Kier molecular flexibility index (Phi) is 5.33. The molecule has 0 aromatic carbocycles. The van der Waals surface area contributed by atoms with Gasteiger partial charge in [-0.3, -0.25) is 5.32 Å². The fourth-order valence-electron chi connectivity index (χ4n) is 2.51. The van der Waals surface area contributed by atoms with Gasteiger partial charge in [-0.1, -0.05) is 0 Å². The summed E-state index contributed by atoms with van der Waals surface area (Å²) in [5.74, 6) is 0.702. The average Bonchev–Trinajstić information content (AvgIpc) is 2.71. The second-order valence-corrected chi connectivity index (χ2v) is 4.74. The highest BCUT2D eigenvalue weighted by atomic mass is 35.5. The largest absolute Gasteiger partial charge is 0.362 e. The molecule has 0 saturated carbocycles. The first-order valence-corrected chi connectivity index (χ1v) is 5.86. The van der Waals surface area contributed by atoms with Crippen molar-refractivity contribution in [3.8, 4) is 0 Å². The molecule has 3 nitrogen and oxygen atoms in total. The average molecular weight is 235 g/mol. The lowest BCUT2D eigenvalue weighted by atomic mass is 9.95. The van der Waals surface area contributed by atoms with Crippen LogP contribution in [-0.2, 0) is 4.74 Å². The van der Waals surface area contributed by atoms with E-state index in [9.17, 15) is 0 Å². The topological polar surface area (TPSA) is 24.5 Å². The highest BCUT2D eigenvalue weighted by Gasteiger charge is 2.30. The molecule has 2 saturated heterocycles. The second kappa shape index (κ2) is 6.04. The molecule has 2 fully saturated rings. The summed E-state index contributed by atoms with van der Waals surface area (Å²) >= 11 is 0. The molecule has 90 valence electrons. The van der Waals surface area contributed by atoms with Crippen molar-refractivity contribution < 1.29 is 4.74 Å². The quantitative estimate of drug-likeness (QED) is 0.784. The zero-order valence-corrected chi connectivity index (χ0v) is 10.6. The van der Waals surface area contributed by atoms with Gasteiger partial charge in [0.2, 0.25) is 0 Å². The highest BCUT2D eigenvalue weighted by Crippen LogP contribution is 2.23. The summed E-state index contributed by atoms with van der Waals surface area (Å²) in [6, 6.07) is 0.680. The normalized spacial score (nSPS) is 33.0. The van der Waals surface area contributed by atoms with Crippen LogP contribution in [0.1, 0.15) is 26.7 Å². The summed E-state index contributed by atoms with van der Waals surface area (Å²) in [6.07, 6.45) is 2.97. The molecule has 2 atom stereocenters. The Bertz CT molecular complexity index is 183. The van der Waals surface area contributed by atoms with Crippen molar-refractivity contribution in [1.29, 1.82) is 0 Å². The Morgan fingerprint density at radius 1 is 1.40 bits per heavy atom. The van der Waals surface area contributed by atoms with Gasteiger partial charge >= 0.3 is 0 Å². The molecule has 1 N–H and O–H groups in total. The van der Waals surface area contributed by atoms with Gasteiger partial charge in [-0.05, 0) is 33.2 Å². The van der Waals surface area contributed by atoms with Gasteiger partial charge in [0, 0.05) is 25.0 Å². The van der Waals surface area contributed by atoms with Crippen LogP contribution in [0.15, 0.2) is 0 Å². The Labute approximate surface area is 99.0 Å². The molecule has 2 aliphatic heterocycles. The summed E-state index contributed by atoms with van der Waals surface area (Å²) in [5, 5.41) is 3.44. The highest BCUT2D eigenvalue weighted by molar-refractivity contribution is 5.85. The molecule has 0 aromatic heterocycles. The Hall–Kier alpha value is 0.170. The van der Waals surface area contributed by atoms with E-state index >= 15 is 0 Å². The number of nitrogens with zero attached hydrogens (tertiary/aromatic N) is 1. The van der Waals surface area contributed by atoms with Crippen LogP contribution in [0.25, 0.3) is 0 Å². The van der Waals surface area contributed by atoms with Crippen LogP contribution in [0.4, 0.5) is 0 Å². The Morgan fingerprint density at radius 3 is 2.80 bits per heavy atom. The fraction of sp³-hybridized carbons (Fsp3) is 1.00. The third-order valence-corrected chi connectivity index (χ3v) is 3.39. The number of nitrogens with one attached hydrogen (secondary N) is 1. The predicted molar refractivity (Wildman–Crippen MR) is 64.4 cm³/mol. The van der Waals surface area contributed by atoms with Crippen LogP contribution in [0.3, 0.4) is 0 Å². The number of halogens is 1. The smallest absolute Gasteiger partial charge is 0.112 e. The van der Waals surface area contributed by atoms with E-state index in [0.717, 1.165) is 13.2 Å². The second-order valence-electron chi connectivity index (χ2n) is 4.74. The van der Waals surface area contributed by atoms with Gasteiger partial charge < -0.3 is 9.64 Å². The Morgan fingerprint density at radius 2 is 2.20 bits per heavy atom. The number of piperidine rings is 1. The maximum atomic E-state index is 5.68. The van der Waals surface area contributed by atoms with E-state index < -0.39 is 0 Å². The SMILES string of the molecule is CC(C)N1CCCC(C2NCCO2)C1.Cl. The number of ether oxygens (including phenoxy) is 1. The molecule has 2 unspecified atom stereocenters.